The Balaban J connectivity index is 1.85. The van der Waals surface area contributed by atoms with E-state index in [1.165, 1.54) is 60.7 Å². The molecule has 0 amide bonds. The zero-order chi connectivity index (χ0) is 24.2. The van der Waals surface area contributed by atoms with E-state index in [1.54, 1.807) is 6.92 Å². The van der Waals surface area contributed by atoms with Crippen molar-refractivity contribution in [3.8, 4) is 0 Å². The maximum absolute atomic E-state index is 12.6. The summed E-state index contributed by atoms with van der Waals surface area (Å²) in [5.74, 6) is 0. The van der Waals surface area contributed by atoms with Crippen molar-refractivity contribution < 1.29 is 18.3 Å². The smallest absolute Gasteiger partial charge is 0.280 e. The van der Waals surface area contributed by atoms with E-state index in [1.807, 2.05) is 0 Å². The Morgan fingerprint density at radius 2 is 1.58 bits per heavy atom. The summed E-state index contributed by atoms with van der Waals surface area (Å²) in [5.41, 5.74) is 3.13. The van der Waals surface area contributed by atoms with Gasteiger partial charge in [0.1, 0.15) is 5.69 Å². The Kier molecular flexibility index (Phi) is 6.89. The van der Waals surface area contributed by atoms with E-state index in [0.717, 1.165) is 6.07 Å². The third kappa shape index (κ3) is 5.81. The van der Waals surface area contributed by atoms with Crippen LogP contribution in [0.3, 0.4) is 0 Å². The first-order chi connectivity index (χ1) is 15.6. The first-order valence-corrected chi connectivity index (χ1v) is 11.0. The lowest BCUT2D eigenvalue weighted by Gasteiger charge is -2.10. The second-order valence-electron chi connectivity index (χ2n) is 6.66. The van der Waals surface area contributed by atoms with Crippen LogP contribution in [0.15, 0.2) is 76.7 Å². The fourth-order valence-corrected chi connectivity index (χ4v) is 3.89. The molecule has 0 spiro atoms. The van der Waals surface area contributed by atoms with Gasteiger partial charge in [0, 0.05) is 28.9 Å². The number of nitro groups is 2. The van der Waals surface area contributed by atoms with Gasteiger partial charge in [-0.25, -0.2) is 8.42 Å². The number of sulfonamides is 1. The number of nitrogens with one attached hydrogen (secondary N) is 2. The number of hydrazone groups is 1. The first-order valence-electron chi connectivity index (χ1n) is 9.19. The quantitative estimate of drug-likeness (QED) is 0.261. The van der Waals surface area contributed by atoms with Gasteiger partial charge in [0.2, 0.25) is 0 Å². The van der Waals surface area contributed by atoms with Crippen LogP contribution in [0.25, 0.3) is 0 Å². The summed E-state index contributed by atoms with van der Waals surface area (Å²) in [6.45, 7) is 1.61. The van der Waals surface area contributed by atoms with Crippen LogP contribution < -0.4 is 10.1 Å². The fourth-order valence-electron chi connectivity index (χ4n) is 2.69. The summed E-state index contributed by atoms with van der Waals surface area (Å²) in [6, 6.07) is 14.9. The maximum atomic E-state index is 12.6. The Hall–Kier alpha value is -4.03. The van der Waals surface area contributed by atoms with Crippen molar-refractivity contribution in [3.05, 3.63) is 97.5 Å². The number of benzene rings is 3. The Labute approximate surface area is 193 Å². The highest BCUT2D eigenvalue weighted by molar-refractivity contribution is 7.92. The number of anilines is 2. The standard InChI is InChI=1S/C20H16ClN5O6S/c1-13(14-2-8-17(9-3-14)25(27)28)22-23-19-11-10-18(12-20(19)26(29)30)33(31,32)24-16-6-4-15(21)5-7-16/h2-12,23-24H,1H3. The molecule has 0 heterocycles. The largest absolute Gasteiger partial charge is 0.295 e. The van der Waals surface area contributed by atoms with Crippen LogP contribution in [-0.4, -0.2) is 24.0 Å². The van der Waals surface area contributed by atoms with Gasteiger partial charge < -0.3 is 0 Å². The van der Waals surface area contributed by atoms with Crippen molar-refractivity contribution in [1.29, 1.82) is 0 Å². The third-order valence-corrected chi connectivity index (χ3v) is 6.04. The second-order valence-corrected chi connectivity index (χ2v) is 8.78. The van der Waals surface area contributed by atoms with Crippen LogP contribution in [0, 0.1) is 20.2 Å². The van der Waals surface area contributed by atoms with Crippen LogP contribution in [-0.2, 0) is 10.0 Å². The third-order valence-electron chi connectivity index (χ3n) is 4.41. The molecule has 11 nitrogen and oxygen atoms in total. The Morgan fingerprint density at radius 3 is 2.15 bits per heavy atom. The molecule has 0 saturated carbocycles. The van der Waals surface area contributed by atoms with E-state index < -0.39 is 25.6 Å². The molecule has 0 aliphatic rings. The maximum Gasteiger partial charge on any atom is 0.295 e. The molecule has 0 aliphatic heterocycles. The molecule has 0 aliphatic carbocycles. The van der Waals surface area contributed by atoms with Crippen LogP contribution >= 0.6 is 11.6 Å². The van der Waals surface area contributed by atoms with Crippen LogP contribution in [0.4, 0.5) is 22.7 Å². The van der Waals surface area contributed by atoms with Crippen molar-refractivity contribution in [1.82, 2.24) is 0 Å². The lowest BCUT2D eigenvalue weighted by molar-refractivity contribution is -0.384. The lowest BCUT2D eigenvalue weighted by atomic mass is 10.1. The predicted octanol–water partition coefficient (Wildman–Crippen LogP) is 4.79. The zero-order valence-electron chi connectivity index (χ0n) is 16.9. The van der Waals surface area contributed by atoms with Crippen LogP contribution in [0.1, 0.15) is 12.5 Å². The van der Waals surface area contributed by atoms with Crippen LogP contribution in [0.5, 0.6) is 0 Å². The van der Waals surface area contributed by atoms with Gasteiger partial charge in [-0.2, -0.15) is 5.10 Å². The van der Waals surface area contributed by atoms with Gasteiger partial charge in [-0.3, -0.25) is 30.4 Å². The molecular weight excluding hydrogens is 474 g/mol. The van der Waals surface area contributed by atoms with E-state index in [-0.39, 0.29) is 22.0 Å². The van der Waals surface area contributed by atoms with Crippen molar-refractivity contribution in [2.45, 2.75) is 11.8 Å². The molecule has 0 saturated heterocycles. The molecule has 3 rings (SSSR count). The summed E-state index contributed by atoms with van der Waals surface area (Å²) in [4.78, 5) is 20.7. The monoisotopic (exact) mass is 489 g/mol. The highest BCUT2D eigenvalue weighted by Crippen LogP contribution is 2.29. The molecule has 13 heteroatoms. The summed E-state index contributed by atoms with van der Waals surface area (Å²) in [7, 11) is -4.10. The van der Waals surface area contributed by atoms with Gasteiger partial charge in [-0.05, 0) is 61.0 Å². The minimum absolute atomic E-state index is 0.0355. The highest BCUT2D eigenvalue weighted by Gasteiger charge is 2.22. The van der Waals surface area contributed by atoms with E-state index in [9.17, 15) is 28.6 Å². The summed E-state index contributed by atoms with van der Waals surface area (Å²) in [6.07, 6.45) is 0. The summed E-state index contributed by atoms with van der Waals surface area (Å²) >= 11 is 5.79. The van der Waals surface area contributed by atoms with E-state index in [2.05, 4.69) is 15.2 Å². The predicted molar refractivity (Wildman–Crippen MR) is 124 cm³/mol. The molecule has 0 bridgehead atoms. The van der Waals surface area contributed by atoms with Crippen molar-refractivity contribution >= 4 is 50.1 Å². The number of non-ortho nitro benzene ring substituents is 1. The summed E-state index contributed by atoms with van der Waals surface area (Å²) in [5, 5.41) is 26.8. The minimum Gasteiger partial charge on any atom is -0.280 e. The number of hydrogen-bond acceptors (Lipinski definition) is 8. The molecule has 3 aromatic carbocycles. The normalized spacial score (nSPS) is 11.6. The lowest BCUT2D eigenvalue weighted by Crippen LogP contribution is -2.13. The minimum atomic E-state index is -4.10. The van der Waals surface area contributed by atoms with Gasteiger partial charge in [0.05, 0.1) is 20.5 Å². The highest BCUT2D eigenvalue weighted by atomic mass is 35.5. The topological polar surface area (TPSA) is 157 Å². The number of halogens is 1. The van der Waals surface area contributed by atoms with Crippen molar-refractivity contribution in [2.24, 2.45) is 5.10 Å². The first kappa shape index (κ1) is 23.6. The zero-order valence-corrected chi connectivity index (χ0v) is 18.5. The molecule has 33 heavy (non-hydrogen) atoms. The summed E-state index contributed by atoms with van der Waals surface area (Å²) < 4.78 is 27.6. The van der Waals surface area contributed by atoms with Crippen molar-refractivity contribution in [2.75, 3.05) is 10.1 Å². The van der Waals surface area contributed by atoms with E-state index in [4.69, 9.17) is 11.6 Å². The molecule has 0 fully saturated rings. The van der Waals surface area contributed by atoms with Gasteiger partial charge in [0.25, 0.3) is 21.4 Å². The second kappa shape index (κ2) is 9.63. The molecule has 0 aromatic heterocycles. The van der Waals surface area contributed by atoms with Gasteiger partial charge >= 0.3 is 0 Å². The average molecular weight is 490 g/mol. The van der Waals surface area contributed by atoms with Gasteiger partial charge in [-0.1, -0.05) is 11.6 Å². The fraction of sp³-hybridized carbons (Fsp3) is 0.0500. The van der Waals surface area contributed by atoms with Gasteiger partial charge in [-0.15, -0.1) is 0 Å². The Morgan fingerprint density at radius 1 is 0.939 bits per heavy atom. The van der Waals surface area contributed by atoms with E-state index in [0.29, 0.717) is 16.3 Å². The van der Waals surface area contributed by atoms with Crippen LogP contribution in [0.2, 0.25) is 5.02 Å². The van der Waals surface area contributed by atoms with E-state index >= 15 is 0 Å². The number of nitrogens with zero attached hydrogens (tertiary/aromatic N) is 3. The SMILES string of the molecule is CC(=NNc1ccc(S(=O)(=O)Nc2ccc(Cl)cc2)cc1[N+](=O)[O-])c1ccc([N+](=O)[O-])cc1. The molecular formula is C20H16ClN5O6S. The van der Waals surface area contributed by atoms with Crippen molar-refractivity contribution in [3.63, 3.8) is 0 Å². The molecule has 3 aromatic rings. The number of nitro benzene ring substituents is 2. The molecule has 0 atom stereocenters. The number of hydrogen-bond donors (Lipinski definition) is 2. The number of rotatable bonds is 8. The molecule has 0 radical (unpaired) electrons. The van der Waals surface area contributed by atoms with Gasteiger partial charge in [0.15, 0.2) is 0 Å². The molecule has 2 N–H and O–H groups in total. The molecule has 170 valence electrons. The Bertz CT molecular complexity index is 1340. The average Bonchev–Trinajstić information content (AvgIpc) is 2.78. The molecule has 0 unspecified atom stereocenters.